The van der Waals surface area contributed by atoms with Gasteiger partial charge in [0, 0.05) is 13.1 Å². The number of likely N-dealkylation sites (tertiary alicyclic amines) is 1. The van der Waals surface area contributed by atoms with Crippen LogP contribution in [-0.4, -0.2) is 44.3 Å². The molecule has 0 aromatic carbocycles. The number of carbonyl (C=O) groups is 2. The summed E-state index contributed by atoms with van der Waals surface area (Å²) in [5.41, 5.74) is 1.24. The Morgan fingerprint density at radius 3 is 2.89 bits per heavy atom. The van der Waals surface area contributed by atoms with Crippen molar-refractivity contribution in [2.75, 3.05) is 6.54 Å². The third-order valence-corrected chi connectivity index (χ3v) is 3.22. The van der Waals surface area contributed by atoms with Crippen molar-refractivity contribution < 1.29 is 14.7 Å². The van der Waals surface area contributed by atoms with Crippen molar-refractivity contribution in [3.8, 4) is 0 Å². The molecular weight excluding hydrogens is 234 g/mol. The van der Waals surface area contributed by atoms with E-state index in [0.717, 1.165) is 12.1 Å². The zero-order valence-electron chi connectivity index (χ0n) is 10.6. The van der Waals surface area contributed by atoms with E-state index in [0.29, 0.717) is 25.2 Å². The summed E-state index contributed by atoms with van der Waals surface area (Å²) in [6.07, 6.45) is 1.27. The zero-order valence-corrected chi connectivity index (χ0v) is 10.6. The van der Waals surface area contributed by atoms with E-state index in [1.165, 1.54) is 4.90 Å². The highest BCUT2D eigenvalue weighted by Gasteiger charge is 2.35. The lowest BCUT2D eigenvalue weighted by Crippen LogP contribution is -2.41. The van der Waals surface area contributed by atoms with Gasteiger partial charge in [-0.05, 0) is 32.8 Å². The van der Waals surface area contributed by atoms with Crippen molar-refractivity contribution in [1.82, 2.24) is 14.7 Å². The van der Waals surface area contributed by atoms with Crippen molar-refractivity contribution in [2.24, 2.45) is 0 Å². The first-order valence-electron chi connectivity index (χ1n) is 6.12. The molecule has 0 saturated carbocycles. The highest BCUT2D eigenvalue weighted by Crippen LogP contribution is 2.20. The molecule has 0 radical (unpaired) electrons. The van der Waals surface area contributed by atoms with Crippen LogP contribution in [0.15, 0.2) is 6.07 Å². The number of carboxylic acids is 1. The minimum atomic E-state index is -0.930. The second-order valence-electron chi connectivity index (χ2n) is 4.48. The van der Waals surface area contributed by atoms with E-state index in [9.17, 15) is 9.59 Å². The van der Waals surface area contributed by atoms with Crippen molar-refractivity contribution >= 4 is 11.9 Å². The number of carbonyl (C=O) groups excluding carboxylic acids is 1. The Labute approximate surface area is 105 Å². The third-order valence-electron chi connectivity index (χ3n) is 3.22. The first-order chi connectivity index (χ1) is 8.54. The number of aryl methyl sites for hydroxylation is 2. The molecule has 1 aliphatic rings. The van der Waals surface area contributed by atoms with Gasteiger partial charge in [0.15, 0.2) is 0 Å². The summed E-state index contributed by atoms with van der Waals surface area (Å²) in [6.45, 7) is 4.83. The molecule has 18 heavy (non-hydrogen) atoms. The summed E-state index contributed by atoms with van der Waals surface area (Å²) >= 11 is 0. The van der Waals surface area contributed by atoms with E-state index < -0.39 is 12.0 Å². The minimum Gasteiger partial charge on any atom is -0.480 e. The van der Waals surface area contributed by atoms with Crippen LogP contribution in [0.3, 0.4) is 0 Å². The number of hydrogen-bond donors (Lipinski definition) is 1. The number of nitrogens with zero attached hydrogens (tertiary/aromatic N) is 3. The van der Waals surface area contributed by atoms with E-state index in [1.54, 1.807) is 10.7 Å². The molecule has 0 spiro atoms. The Kier molecular flexibility index (Phi) is 3.36. The number of rotatable bonds is 3. The van der Waals surface area contributed by atoms with Crippen molar-refractivity contribution in [1.29, 1.82) is 0 Å². The Balaban J connectivity index is 2.27. The predicted octanol–water partition coefficient (Wildman–Crippen LogP) is 0.901. The predicted molar refractivity (Wildman–Crippen MR) is 64.3 cm³/mol. The molecule has 6 nitrogen and oxygen atoms in total. The van der Waals surface area contributed by atoms with Gasteiger partial charge in [-0.25, -0.2) is 4.79 Å². The van der Waals surface area contributed by atoms with Gasteiger partial charge in [0.05, 0.1) is 5.69 Å². The van der Waals surface area contributed by atoms with E-state index in [-0.39, 0.29) is 5.91 Å². The average molecular weight is 251 g/mol. The van der Waals surface area contributed by atoms with Gasteiger partial charge in [-0.2, -0.15) is 5.10 Å². The average Bonchev–Trinajstić information content (AvgIpc) is 2.93. The number of aromatic nitrogens is 2. The summed E-state index contributed by atoms with van der Waals surface area (Å²) in [5.74, 6) is -1.16. The van der Waals surface area contributed by atoms with Gasteiger partial charge in [-0.1, -0.05) is 0 Å². The monoisotopic (exact) mass is 251 g/mol. The fourth-order valence-electron chi connectivity index (χ4n) is 2.37. The standard InChI is InChI=1S/C12H17N3O3/c1-3-15-10(7-8(2)13-15)11(16)14-6-4-5-9(14)12(17)18/h7,9H,3-6H2,1-2H3,(H,17,18)/t9-/m0/s1. The number of hydrogen-bond acceptors (Lipinski definition) is 3. The van der Waals surface area contributed by atoms with Crippen LogP contribution < -0.4 is 0 Å². The molecule has 2 heterocycles. The molecule has 1 atom stereocenters. The lowest BCUT2D eigenvalue weighted by molar-refractivity contribution is -0.141. The van der Waals surface area contributed by atoms with Crippen LogP contribution in [0.5, 0.6) is 0 Å². The molecule has 1 aromatic heterocycles. The van der Waals surface area contributed by atoms with Gasteiger partial charge in [0.25, 0.3) is 5.91 Å². The maximum absolute atomic E-state index is 12.4. The first-order valence-corrected chi connectivity index (χ1v) is 6.12. The van der Waals surface area contributed by atoms with E-state index in [1.807, 2.05) is 13.8 Å². The summed E-state index contributed by atoms with van der Waals surface area (Å²) in [7, 11) is 0. The second-order valence-corrected chi connectivity index (χ2v) is 4.48. The van der Waals surface area contributed by atoms with E-state index >= 15 is 0 Å². The summed E-state index contributed by atoms with van der Waals surface area (Å²) in [6, 6.07) is 1.02. The highest BCUT2D eigenvalue weighted by molar-refractivity contribution is 5.95. The zero-order chi connectivity index (χ0) is 13.3. The van der Waals surface area contributed by atoms with Crippen molar-refractivity contribution in [3.63, 3.8) is 0 Å². The molecule has 6 heteroatoms. The number of carboxylic acid groups (broad SMARTS) is 1. The van der Waals surface area contributed by atoms with Crippen LogP contribution in [0.1, 0.15) is 35.9 Å². The van der Waals surface area contributed by atoms with Gasteiger partial charge in [0.2, 0.25) is 0 Å². The van der Waals surface area contributed by atoms with Crippen LogP contribution >= 0.6 is 0 Å². The molecule has 1 N–H and O–H groups in total. The Hall–Kier alpha value is -1.85. The van der Waals surface area contributed by atoms with Gasteiger partial charge >= 0.3 is 5.97 Å². The Bertz CT molecular complexity index is 481. The molecule has 1 amide bonds. The molecular formula is C12H17N3O3. The molecule has 1 aliphatic heterocycles. The third kappa shape index (κ3) is 2.10. The molecule has 0 aliphatic carbocycles. The molecule has 1 fully saturated rings. The lowest BCUT2D eigenvalue weighted by Gasteiger charge is -2.21. The fraction of sp³-hybridized carbons (Fsp3) is 0.583. The first kappa shape index (κ1) is 12.6. The van der Waals surface area contributed by atoms with Gasteiger partial charge in [-0.3, -0.25) is 9.48 Å². The lowest BCUT2D eigenvalue weighted by atomic mass is 10.2. The maximum atomic E-state index is 12.4. The normalized spacial score (nSPS) is 19.2. The molecule has 2 rings (SSSR count). The SMILES string of the molecule is CCn1nc(C)cc1C(=O)N1CCC[C@H]1C(=O)O. The van der Waals surface area contributed by atoms with Crippen LogP contribution in [0.25, 0.3) is 0 Å². The minimum absolute atomic E-state index is 0.234. The number of amides is 1. The van der Waals surface area contributed by atoms with Crippen molar-refractivity contribution in [3.05, 3.63) is 17.5 Å². The van der Waals surface area contributed by atoms with Crippen LogP contribution in [-0.2, 0) is 11.3 Å². The number of aliphatic carboxylic acids is 1. The van der Waals surface area contributed by atoms with Gasteiger partial charge in [0.1, 0.15) is 11.7 Å². The molecule has 1 saturated heterocycles. The van der Waals surface area contributed by atoms with E-state index in [2.05, 4.69) is 5.10 Å². The van der Waals surface area contributed by atoms with Crippen LogP contribution in [0.2, 0.25) is 0 Å². The second kappa shape index (κ2) is 4.80. The van der Waals surface area contributed by atoms with Crippen LogP contribution in [0.4, 0.5) is 0 Å². The van der Waals surface area contributed by atoms with Gasteiger partial charge in [-0.15, -0.1) is 0 Å². The topological polar surface area (TPSA) is 75.4 Å². The Morgan fingerprint density at radius 1 is 1.56 bits per heavy atom. The summed E-state index contributed by atoms with van der Waals surface area (Å²) < 4.78 is 1.62. The van der Waals surface area contributed by atoms with E-state index in [4.69, 9.17) is 5.11 Å². The quantitative estimate of drug-likeness (QED) is 0.866. The Morgan fingerprint density at radius 2 is 2.28 bits per heavy atom. The molecule has 1 aromatic rings. The van der Waals surface area contributed by atoms with Crippen molar-refractivity contribution in [2.45, 2.75) is 39.3 Å². The van der Waals surface area contributed by atoms with Gasteiger partial charge < -0.3 is 10.0 Å². The smallest absolute Gasteiger partial charge is 0.326 e. The highest BCUT2D eigenvalue weighted by atomic mass is 16.4. The maximum Gasteiger partial charge on any atom is 0.326 e. The molecule has 0 bridgehead atoms. The molecule has 98 valence electrons. The summed E-state index contributed by atoms with van der Waals surface area (Å²) in [5, 5.41) is 13.3. The molecule has 0 unspecified atom stereocenters. The summed E-state index contributed by atoms with van der Waals surface area (Å²) in [4.78, 5) is 24.9. The fourth-order valence-corrected chi connectivity index (χ4v) is 2.37. The van der Waals surface area contributed by atoms with Crippen LogP contribution in [0, 0.1) is 6.92 Å². The largest absolute Gasteiger partial charge is 0.480 e.